The Labute approximate surface area is 214 Å². The number of hydrogen-bond donors (Lipinski definition) is 4. The summed E-state index contributed by atoms with van der Waals surface area (Å²) >= 11 is 0. The number of hydrogen-bond acceptors (Lipinski definition) is 4. The SMILES string of the molecule is CC.CCC.CCC1CCC2C3CCC4CCCCC4(C)C3CCC12C.NCCO.NCCO. The monoisotopic (exact) mass is 484 g/mol. The third kappa shape index (κ3) is 8.46. The summed E-state index contributed by atoms with van der Waals surface area (Å²) < 4.78 is 0. The summed E-state index contributed by atoms with van der Waals surface area (Å²) in [4.78, 5) is 0. The van der Waals surface area contributed by atoms with Crippen molar-refractivity contribution in [2.75, 3.05) is 26.3 Å². The first kappa shape index (κ1) is 33.8. The summed E-state index contributed by atoms with van der Waals surface area (Å²) in [5.41, 5.74) is 11.0. The van der Waals surface area contributed by atoms with Crippen molar-refractivity contribution in [1.82, 2.24) is 0 Å². The van der Waals surface area contributed by atoms with E-state index in [1.54, 1.807) is 51.4 Å². The number of aliphatic hydroxyl groups excluding tert-OH is 2. The number of rotatable bonds is 3. The standard InChI is InChI=1S/C21H36.C3H8.2C2H7NO.C2H6/c1-4-15-9-11-18-17-10-8-16-7-5-6-13-20(16,2)19(17)12-14-21(15,18)3;1-3-2;2*3-1-2-4;1-2/h15-19H,4-14H2,1-3H3;3H2,1-2H3;2*4H,1-3H2;1-2H3. The predicted octanol–water partition coefficient (Wildman–Crippen LogP) is 6.76. The molecule has 0 radical (unpaired) electrons. The Morgan fingerprint density at radius 3 is 1.74 bits per heavy atom. The Morgan fingerprint density at radius 2 is 1.24 bits per heavy atom. The highest BCUT2D eigenvalue weighted by molar-refractivity contribution is 5.08. The molecule has 4 aliphatic rings. The number of fused-ring (bicyclic) bond motifs is 5. The van der Waals surface area contributed by atoms with Gasteiger partial charge in [0.05, 0.1) is 13.2 Å². The smallest absolute Gasteiger partial charge is 0.0553 e. The highest BCUT2D eigenvalue weighted by atomic mass is 16.3. The fourth-order valence-electron chi connectivity index (χ4n) is 8.07. The lowest BCUT2D eigenvalue weighted by atomic mass is 9.45. The van der Waals surface area contributed by atoms with Crippen molar-refractivity contribution in [1.29, 1.82) is 0 Å². The lowest BCUT2D eigenvalue weighted by molar-refractivity contribution is -0.110. The molecule has 7 unspecified atom stereocenters. The van der Waals surface area contributed by atoms with Crippen LogP contribution in [0.3, 0.4) is 0 Å². The Bertz CT molecular complexity index is 480. The average Bonchev–Trinajstić information content (AvgIpc) is 3.22. The third-order valence-corrected chi connectivity index (χ3v) is 9.53. The van der Waals surface area contributed by atoms with Crippen molar-refractivity contribution in [3.63, 3.8) is 0 Å². The lowest BCUT2D eigenvalue weighted by Gasteiger charge is -2.60. The Morgan fingerprint density at radius 1 is 0.706 bits per heavy atom. The van der Waals surface area contributed by atoms with Crippen LogP contribution in [0.1, 0.15) is 126 Å². The van der Waals surface area contributed by atoms with Crippen LogP contribution in [0.4, 0.5) is 0 Å². The minimum absolute atomic E-state index is 0.0972. The molecule has 0 aromatic rings. The highest BCUT2D eigenvalue weighted by Gasteiger charge is 2.59. The van der Waals surface area contributed by atoms with Crippen LogP contribution in [-0.2, 0) is 0 Å². The molecule has 0 aliphatic heterocycles. The summed E-state index contributed by atoms with van der Waals surface area (Å²) in [5, 5.41) is 15.5. The second-order valence-electron chi connectivity index (χ2n) is 11.4. The minimum Gasteiger partial charge on any atom is -0.395 e. The largest absolute Gasteiger partial charge is 0.395 e. The second kappa shape index (κ2) is 18.1. The first-order valence-electron chi connectivity index (χ1n) is 15.0. The molecule has 34 heavy (non-hydrogen) atoms. The van der Waals surface area contributed by atoms with Gasteiger partial charge in [0.15, 0.2) is 0 Å². The maximum atomic E-state index is 7.75. The van der Waals surface area contributed by atoms with Gasteiger partial charge in [-0.1, -0.05) is 74.1 Å². The summed E-state index contributed by atoms with van der Waals surface area (Å²) in [6, 6.07) is 0. The third-order valence-electron chi connectivity index (χ3n) is 9.53. The zero-order chi connectivity index (χ0) is 26.2. The summed E-state index contributed by atoms with van der Waals surface area (Å²) in [6.07, 6.45) is 18.2. The first-order chi connectivity index (χ1) is 16.3. The topological polar surface area (TPSA) is 92.5 Å². The van der Waals surface area contributed by atoms with Crippen LogP contribution in [0.15, 0.2) is 0 Å². The van der Waals surface area contributed by atoms with E-state index in [1.807, 2.05) is 13.8 Å². The summed E-state index contributed by atoms with van der Waals surface area (Å²) in [5.74, 6) is 5.39. The van der Waals surface area contributed by atoms with E-state index in [-0.39, 0.29) is 13.2 Å². The van der Waals surface area contributed by atoms with Crippen LogP contribution < -0.4 is 11.5 Å². The van der Waals surface area contributed by atoms with E-state index in [4.69, 9.17) is 21.7 Å². The quantitative estimate of drug-likeness (QED) is 0.356. The average molecular weight is 485 g/mol. The van der Waals surface area contributed by atoms with Crippen molar-refractivity contribution < 1.29 is 10.2 Å². The van der Waals surface area contributed by atoms with Gasteiger partial charge in [-0.15, -0.1) is 0 Å². The molecule has 4 heteroatoms. The van der Waals surface area contributed by atoms with E-state index in [0.717, 1.165) is 35.0 Å². The van der Waals surface area contributed by atoms with Crippen molar-refractivity contribution in [3.8, 4) is 0 Å². The van der Waals surface area contributed by atoms with Crippen molar-refractivity contribution in [3.05, 3.63) is 0 Å². The van der Waals surface area contributed by atoms with Crippen molar-refractivity contribution in [2.45, 2.75) is 126 Å². The molecule has 4 saturated carbocycles. The molecular formula is C30H64N2O2. The van der Waals surface area contributed by atoms with Crippen LogP contribution in [0.2, 0.25) is 0 Å². The molecule has 0 heterocycles. The molecule has 0 aromatic heterocycles. The van der Waals surface area contributed by atoms with E-state index in [1.165, 1.54) is 25.7 Å². The van der Waals surface area contributed by atoms with Crippen molar-refractivity contribution >= 4 is 0 Å². The van der Waals surface area contributed by atoms with Gasteiger partial charge in [-0.05, 0) is 91.8 Å². The van der Waals surface area contributed by atoms with E-state index >= 15 is 0 Å². The van der Waals surface area contributed by atoms with Gasteiger partial charge in [0.2, 0.25) is 0 Å². The van der Waals surface area contributed by atoms with Crippen molar-refractivity contribution in [2.24, 2.45) is 51.9 Å². The van der Waals surface area contributed by atoms with Crippen LogP contribution >= 0.6 is 0 Å². The highest BCUT2D eigenvalue weighted by Crippen LogP contribution is 2.67. The van der Waals surface area contributed by atoms with Crippen LogP contribution in [0.25, 0.3) is 0 Å². The molecule has 4 aliphatic carbocycles. The molecule has 4 nitrogen and oxygen atoms in total. The van der Waals surface area contributed by atoms with Gasteiger partial charge in [-0.3, -0.25) is 0 Å². The predicted molar refractivity (Wildman–Crippen MR) is 150 cm³/mol. The fourth-order valence-corrected chi connectivity index (χ4v) is 8.07. The molecule has 0 amide bonds. The van der Waals surface area contributed by atoms with E-state index in [9.17, 15) is 0 Å². The Hall–Kier alpha value is -0.160. The normalized spacial score (nSPS) is 37.3. The molecule has 7 atom stereocenters. The van der Waals surface area contributed by atoms with Gasteiger partial charge < -0.3 is 21.7 Å². The maximum absolute atomic E-state index is 7.75. The molecule has 6 N–H and O–H groups in total. The molecule has 0 aromatic carbocycles. The maximum Gasteiger partial charge on any atom is 0.0553 e. The molecule has 206 valence electrons. The molecule has 0 bridgehead atoms. The van der Waals surface area contributed by atoms with Gasteiger partial charge in [0, 0.05) is 13.1 Å². The fraction of sp³-hybridized carbons (Fsp3) is 1.00. The van der Waals surface area contributed by atoms with Crippen LogP contribution in [0, 0.1) is 40.4 Å². The van der Waals surface area contributed by atoms with E-state index in [2.05, 4.69) is 34.6 Å². The second-order valence-corrected chi connectivity index (χ2v) is 11.4. The van der Waals surface area contributed by atoms with Gasteiger partial charge in [0.25, 0.3) is 0 Å². The van der Waals surface area contributed by atoms with Crippen LogP contribution in [-0.4, -0.2) is 36.5 Å². The van der Waals surface area contributed by atoms with Gasteiger partial charge in [-0.2, -0.15) is 0 Å². The lowest BCUT2D eigenvalue weighted by Crippen LogP contribution is -2.52. The molecule has 0 spiro atoms. The zero-order valence-corrected chi connectivity index (χ0v) is 24.2. The number of aliphatic hydroxyl groups is 2. The summed E-state index contributed by atoms with van der Waals surface area (Å²) in [6.45, 7) is 17.0. The Kier molecular flexibility index (Phi) is 18.1. The molecule has 4 rings (SSSR count). The summed E-state index contributed by atoms with van der Waals surface area (Å²) in [7, 11) is 0. The van der Waals surface area contributed by atoms with Crippen LogP contribution in [0.5, 0.6) is 0 Å². The number of nitrogens with two attached hydrogens (primary N) is 2. The van der Waals surface area contributed by atoms with E-state index < -0.39 is 0 Å². The zero-order valence-electron chi connectivity index (χ0n) is 24.2. The van der Waals surface area contributed by atoms with Gasteiger partial charge >= 0.3 is 0 Å². The Balaban J connectivity index is 0.000000707. The molecule has 0 saturated heterocycles. The molecule has 4 fully saturated rings. The minimum atomic E-state index is 0.0972. The molecular weight excluding hydrogens is 420 g/mol. The first-order valence-corrected chi connectivity index (χ1v) is 15.0. The van der Waals surface area contributed by atoms with Gasteiger partial charge in [-0.25, -0.2) is 0 Å². The van der Waals surface area contributed by atoms with Gasteiger partial charge in [0.1, 0.15) is 0 Å². The van der Waals surface area contributed by atoms with E-state index in [0.29, 0.717) is 18.5 Å².